The second-order valence-electron chi connectivity index (χ2n) is 3.28. The third-order valence-electron chi connectivity index (χ3n) is 1.81. The Balaban J connectivity index is 0.000000494. The predicted molar refractivity (Wildman–Crippen MR) is 64.8 cm³/mol. The van der Waals surface area contributed by atoms with Crippen LogP contribution >= 0.6 is 0 Å². The van der Waals surface area contributed by atoms with Crippen molar-refractivity contribution in [2.45, 2.75) is 0 Å². The summed E-state index contributed by atoms with van der Waals surface area (Å²) < 4.78 is 39.0. The van der Waals surface area contributed by atoms with Crippen LogP contribution in [0.1, 0.15) is 0 Å². The Bertz CT molecular complexity index is 405. The predicted octanol–water partition coefficient (Wildman–Crippen LogP) is 4.09. The van der Waals surface area contributed by atoms with Crippen LogP contribution in [0.3, 0.4) is 0 Å². The number of likely N-dealkylation sites (N-methyl/N-ethyl adjacent to an activating group) is 1. The molecule has 0 saturated heterocycles. The number of hydrogen-bond acceptors (Lipinski definition) is 2. The average molecular weight is 261 g/mol. The van der Waals surface area contributed by atoms with E-state index in [-0.39, 0.29) is 0 Å². The van der Waals surface area contributed by atoms with Gasteiger partial charge < -0.3 is 22.2 Å². The SMILES string of the molecule is C=CCN(C)c1ccc([N+]#N)cc1.F[B-](F)(F)F. The third kappa shape index (κ3) is 8.16. The quantitative estimate of drug-likeness (QED) is 0.355. The van der Waals surface area contributed by atoms with E-state index in [0.29, 0.717) is 5.69 Å². The summed E-state index contributed by atoms with van der Waals surface area (Å²) in [5, 5.41) is 8.47. The Labute approximate surface area is 102 Å². The van der Waals surface area contributed by atoms with Crippen LogP contribution < -0.4 is 4.90 Å². The molecule has 0 heterocycles. The number of anilines is 1. The van der Waals surface area contributed by atoms with Crippen molar-refractivity contribution in [1.82, 2.24) is 0 Å². The van der Waals surface area contributed by atoms with Crippen LogP contribution in [0.4, 0.5) is 28.6 Å². The van der Waals surface area contributed by atoms with Crippen molar-refractivity contribution in [2.75, 3.05) is 18.5 Å². The highest BCUT2D eigenvalue weighted by Crippen LogP contribution is 2.18. The Kier molecular flexibility index (Phi) is 6.49. The van der Waals surface area contributed by atoms with Crippen LogP contribution in [0.2, 0.25) is 0 Å². The van der Waals surface area contributed by atoms with Crippen molar-refractivity contribution >= 4 is 18.6 Å². The third-order valence-corrected chi connectivity index (χ3v) is 1.81. The fraction of sp³-hybridized carbons (Fsp3) is 0.200. The minimum atomic E-state index is -6.00. The van der Waals surface area contributed by atoms with Gasteiger partial charge in [-0.25, -0.2) is 0 Å². The summed E-state index contributed by atoms with van der Waals surface area (Å²) in [6, 6.07) is 7.32. The lowest BCUT2D eigenvalue weighted by atomic mass is 10.2. The first kappa shape index (κ1) is 16.0. The first-order valence-electron chi connectivity index (χ1n) is 4.92. The fourth-order valence-electron chi connectivity index (χ4n) is 1.07. The molecule has 0 aliphatic rings. The molecule has 0 bridgehead atoms. The summed E-state index contributed by atoms with van der Waals surface area (Å²) in [5.74, 6) is 0. The summed E-state index contributed by atoms with van der Waals surface area (Å²) in [4.78, 5) is 5.13. The van der Waals surface area contributed by atoms with Crippen LogP contribution in [0.5, 0.6) is 0 Å². The molecule has 0 atom stereocenters. The van der Waals surface area contributed by atoms with E-state index in [1.54, 1.807) is 12.1 Å². The molecule has 0 unspecified atom stereocenters. The topological polar surface area (TPSA) is 31.4 Å². The van der Waals surface area contributed by atoms with Crippen LogP contribution in [-0.2, 0) is 0 Å². The molecule has 0 spiro atoms. The fourth-order valence-corrected chi connectivity index (χ4v) is 1.07. The molecule has 98 valence electrons. The highest BCUT2D eigenvalue weighted by molar-refractivity contribution is 6.50. The molecule has 1 aromatic rings. The molecule has 18 heavy (non-hydrogen) atoms. The molecule has 0 saturated carbocycles. The lowest BCUT2D eigenvalue weighted by Crippen LogP contribution is -2.15. The van der Waals surface area contributed by atoms with Gasteiger partial charge in [0, 0.05) is 31.4 Å². The molecular weight excluding hydrogens is 249 g/mol. The minimum Gasteiger partial charge on any atom is -0.418 e. The number of nitrogens with zero attached hydrogens (tertiary/aromatic N) is 3. The van der Waals surface area contributed by atoms with Crippen molar-refractivity contribution in [2.24, 2.45) is 0 Å². The van der Waals surface area contributed by atoms with Gasteiger partial charge in [-0.2, -0.15) is 0 Å². The van der Waals surface area contributed by atoms with E-state index in [9.17, 15) is 17.3 Å². The molecule has 1 aromatic carbocycles. The molecule has 8 heteroatoms. The van der Waals surface area contributed by atoms with Crippen molar-refractivity contribution < 1.29 is 17.3 Å². The first-order chi connectivity index (χ1) is 8.27. The highest BCUT2D eigenvalue weighted by Gasteiger charge is 2.20. The zero-order chi connectivity index (χ0) is 14.2. The summed E-state index contributed by atoms with van der Waals surface area (Å²) in [7, 11) is -4.02. The van der Waals surface area contributed by atoms with Gasteiger partial charge in [-0.15, -0.1) is 6.58 Å². The molecule has 0 aliphatic carbocycles. The van der Waals surface area contributed by atoms with Gasteiger partial charge in [0.05, 0.1) is 0 Å². The summed E-state index contributed by atoms with van der Waals surface area (Å²) in [6.45, 7) is 4.46. The molecule has 0 aromatic heterocycles. The Morgan fingerprint density at radius 2 is 1.72 bits per heavy atom. The molecule has 1 rings (SSSR count). The van der Waals surface area contributed by atoms with E-state index in [1.807, 2.05) is 30.2 Å². The zero-order valence-electron chi connectivity index (χ0n) is 9.73. The van der Waals surface area contributed by atoms with Gasteiger partial charge in [-0.3, -0.25) is 0 Å². The van der Waals surface area contributed by atoms with Crippen molar-refractivity contribution in [1.29, 1.82) is 5.39 Å². The van der Waals surface area contributed by atoms with Crippen LogP contribution in [0.15, 0.2) is 36.9 Å². The molecule has 0 amide bonds. The maximum Gasteiger partial charge on any atom is 0.673 e. The van der Waals surface area contributed by atoms with Crippen molar-refractivity contribution in [3.63, 3.8) is 0 Å². The molecule has 0 fully saturated rings. The smallest absolute Gasteiger partial charge is 0.418 e. The van der Waals surface area contributed by atoms with Gasteiger partial charge >= 0.3 is 12.9 Å². The Morgan fingerprint density at radius 3 is 2.06 bits per heavy atom. The maximum absolute atomic E-state index is 9.75. The zero-order valence-corrected chi connectivity index (χ0v) is 9.73. The van der Waals surface area contributed by atoms with Crippen molar-refractivity contribution in [3.05, 3.63) is 41.9 Å². The molecule has 0 aliphatic heterocycles. The Morgan fingerprint density at radius 1 is 1.28 bits per heavy atom. The van der Waals surface area contributed by atoms with E-state index < -0.39 is 7.25 Å². The van der Waals surface area contributed by atoms with E-state index in [0.717, 1.165) is 12.2 Å². The lowest BCUT2D eigenvalue weighted by Gasteiger charge is -2.15. The lowest BCUT2D eigenvalue weighted by molar-refractivity contribution is 0.368. The average Bonchev–Trinajstić information content (AvgIpc) is 2.27. The van der Waals surface area contributed by atoms with E-state index in [4.69, 9.17) is 5.39 Å². The van der Waals surface area contributed by atoms with Gasteiger partial charge in [-0.05, 0) is 12.1 Å². The molecule has 3 nitrogen and oxygen atoms in total. The summed E-state index contributed by atoms with van der Waals surface area (Å²) in [6.07, 6.45) is 1.84. The highest BCUT2D eigenvalue weighted by atomic mass is 19.5. The van der Waals surface area contributed by atoms with Crippen LogP contribution in [0, 0.1) is 5.39 Å². The van der Waals surface area contributed by atoms with Crippen molar-refractivity contribution in [3.8, 4) is 0 Å². The maximum atomic E-state index is 9.75. The standard InChI is InChI=1S/C10H12N3.BF4/c1-3-8-13(2)10-6-4-9(12-11)5-7-10;2-1(3,4)5/h3-7H,1,8H2,2H3;/q+1;-1. The van der Waals surface area contributed by atoms with Crippen LogP contribution in [0.25, 0.3) is 4.98 Å². The van der Waals surface area contributed by atoms with E-state index in [2.05, 4.69) is 11.6 Å². The number of diazo groups is 1. The first-order valence-corrected chi connectivity index (χ1v) is 4.92. The number of benzene rings is 1. The monoisotopic (exact) mass is 261 g/mol. The molecule has 0 radical (unpaired) electrons. The second-order valence-corrected chi connectivity index (χ2v) is 3.28. The number of halogens is 4. The second kappa shape index (κ2) is 7.32. The Hall–Kier alpha value is -2.04. The van der Waals surface area contributed by atoms with Gasteiger partial charge in [-0.1, -0.05) is 6.08 Å². The molecular formula is C10H12BF4N3. The summed E-state index contributed by atoms with van der Waals surface area (Å²) in [5.41, 5.74) is 1.64. The van der Waals surface area contributed by atoms with Gasteiger partial charge in [0.15, 0.2) is 4.98 Å². The van der Waals surface area contributed by atoms with E-state index >= 15 is 0 Å². The normalized spacial score (nSPS) is 9.78. The van der Waals surface area contributed by atoms with Gasteiger partial charge in [0.25, 0.3) is 0 Å². The van der Waals surface area contributed by atoms with Crippen LogP contribution in [-0.4, -0.2) is 20.8 Å². The summed E-state index contributed by atoms with van der Waals surface area (Å²) >= 11 is 0. The van der Waals surface area contributed by atoms with Gasteiger partial charge in [0.2, 0.25) is 5.39 Å². The minimum absolute atomic E-state index is 0.566. The van der Waals surface area contributed by atoms with Gasteiger partial charge in [0.1, 0.15) is 0 Å². The molecule has 0 N–H and O–H groups in total. The van der Waals surface area contributed by atoms with E-state index in [1.165, 1.54) is 0 Å². The number of hydrogen-bond donors (Lipinski definition) is 0. The number of rotatable bonds is 3. The largest absolute Gasteiger partial charge is 0.673 e.